The Morgan fingerprint density at radius 3 is 2.85 bits per heavy atom. The Hall–Kier alpha value is -4.03. The molecule has 2 N–H and O–H groups in total. The SMILES string of the molecule is Cc1ccc(Nc2ccc3ncn(-c4ccc(CCO)c(N5CCC(C#N)C5)n4)c3c2)nn1. The highest BCUT2D eigenvalue weighted by atomic mass is 16.3. The number of pyridine rings is 1. The maximum atomic E-state index is 9.52. The van der Waals surface area contributed by atoms with Crippen molar-refractivity contribution < 1.29 is 5.11 Å². The van der Waals surface area contributed by atoms with E-state index in [0.29, 0.717) is 18.8 Å². The summed E-state index contributed by atoms with van der Waals surface area (Å²) in [5.41, 5.74) is 4.47. The van der Waals surface area contributed by atoms with Gasteiger partial charge in [0.15, 0.2) is 5.82 Å². The number of nitriles is 1. The Morgan fingerprint density at radius 1 is 1.18 bits per heavy atom. The van der Waals surface area contributed by atoms with Gasteiger partial charge >= 0.3 is 0 Å². The van der Waals surface area contributed by atoms with Gasteiger partial charge < -0.3 is 15.3 Å². The van der Waals surface area contributed by atoms with Crippen LogP contribution >= 0.6 is 0 Å². The average Bonchev–Trinajstić information content (AvgIpc) is 3.48. The number of aromatic nitrogens is 5. The highest BCUT2D eigenvalue weighted by Crippen LogP contribution is 2.29. The standard InChI is InChI=1S/C24H24N8O/c1-16-2-6-22(30-29-16)27-19-4-5-20-21(12-19)32(15-26-20)23-7-3-18(9-11-33)24(28-23)31-10-8-17(13-25)14-31/h2-7,12,15,17,33H,8-11,14H2,1H3,(H,27,30). The molecule has 0 amide bonds. The van der Waals surface area contributed by atoms with E-state index in [1.54, 1.807) is 6.33 Å². The number of imidazole rings is 1. The van der Waals surface area contributed by atoms with Gasteiger partial charge in [-0.05, 0) is 61.7 Å². The van der Waals surface area contributed by atoms with Crippen molar-refractivity contribution in [1.82, 2.24) is 24.7 Å². The van der Waals surface area contributed by atoms with Crippen LogP contribution in [0, 0.1) is 24.2 Å². The van der Waals surface area contributed by atoms with Crippen molar-refractivity contribution in [1.29, 1.82) is 5.26 Å². The lowest BCUT2D eigenvalue weighted by atomic mass is 10.1. The zero-order valence-electron chi connectivity index (χ0n) is 18.3. The van der Waals surface area contributed by atoms with Gasteiger partial charge in [0, 0.05) is 25.4 Å². The lowest BCUT2D eigenvalue weighted by Gasteiger charge is -2.21. The highest BCUT2D eigenvalue weighted by Gasteiger charge is 2.25. The van der Waals surface area contributed by atoms with Crippen molar-refractivity contribution in [3.05, 3.63) is 60.0 Å². The second-order valence-electron chi connectivity index (χ2n) is 8.19. The number of anilines is 3. The Morgan fingerprint density at radius 2 is 2.09 bits per heavy atom. The molecule has 4 aromatic rings. The Kier molecular flexibility index (Phi) is 5.59. The number of hydrogen-bond donors (Lipinski definition) is 2. The van der Waals surface area contributed by atoms with E-state index < -0.39 is 0 Å². The van der Waals surface area contributed by atoms with Crippen molar-refractivity contribution in [2.75, 3.05) is 29.9 Å². The van der Waals surface area contributed by atoms with Gasteiger partial charge in [-0.3, -0.25) is 4.57 Å². The molecule has 1 saturated heterocycles. The Labute approximate surface area is 191 Å². The molecule has 33 heavy (non-hydrogen) atoms. The summed E-state index contributed by atoms with van der Waals surface area (Å²) >= 11 is 0. The largest absolute Gasteiger partial charge is 0.396 e. The summed E-state index contributed by atoms with van der Waals surface area (Å²) in [5, 5.41) is 30.4. The first-order valence-electron chi connectivity index (χ1n) is 10.9. The van der Waals surface area contributed by atoms with Crippen LogP contribution < -0.4 is 10.2 Å². The number of benzene rings is 1. The maximum absolute atomic E-state index is 9.52. The van der Waals surface area contributed by atoms with E-state index in [9.17, 15) is 10.4 Å². The summed E-state index contributed by atoms with van der Waals surface area (Å²) in [4.78, 5) is 11.6. The quantitative estimate of drug-likeness (QED) is 0.470. The average molecular weight is 441 g/mol. The second kappa shape index (κ2) is 8.84. The summed E-state index contributed by atoms with van der Waals surface area (Å²) in [5.74, 6) is 2.23. The molecule has 0 aliphatic carbocycles. The van der Waals surface area contributed by atoms with Crippen LogP contribution in [0.2, 0.25) is 0 Å². The molecule has 4 heterocycles. The summed E-state index contributed by atoms with van der Waals surface area (Å²) in [6.07, 6.45) is 3.11. The third-order valence-electron chi connectivity index (χ3n) is 5.86. The molecule has 0 saturated carbocycles. The second-order valence-corrected chi connectivity index (χ2v) is 8.19. The summed E-state index contributed by atoms with van der Waals surface area (Å²) in [7, 11) is 0. The number of nitrogens with one attached hydrogen (secondary N) is 1. The van der Waals surface area contributed by atoms with Crippen LogP contribution in [0.1, 0.15) is 17.7 Å². The molecule has 1 fully saturated rings. The minimum Gasteiger partial charge on any atom is -0.396 e. The number of rotatable bonds is 6. The molecule has 0 spiro atoms. The third-order valence-corrected chi connectivity index (χ3v) is 5.86. The zero-order chi connectivity index (χ0) is 22.8. The molecular weight excluding hydrogens is 416 g/mol. The molecule has 1 aliphatic heterocycles. The predicted molar refractivity (Wildman–Crippen MR) is 126 cm³/mol. The summed E-state index contributed by atoms with van der Waals surface area (Å²) < 4.78 is 1.95. The smallest absolute Gasteiger partial charge is 0.153 e. The van der Waals surface area contributed by atoms with Crippen LogP contribution in [0.3, 0.4) is 0 Å². The predicted octanol–water partition coefficient (Wildman–Crippen LogP) is 3.15. The van der Waals surface area contributed by atoms with Crippen molar-refractivity contribution in [3.63, 3.8) is 0 Å². The number of hydrogen-bond acceptors (Lipinski definition) is 8. The molecule has 9 heteroatoms. The zero-order valence-corrected chi connectivity index (χ0v) is 18.3. The molecule has 166 valence electrons. The van der Waals surface area contributed by atoms with Gasteiger partial charge in [-0.15, -0.1) is 5.10 Å². The van der Waals surface area contributed by atoms with E-state index in [1.807, 2.05) is 54.0 Å². The van der Waals surface area contributed by atoms with Crippen LogP contribution in [-0.4, -0.2) is 49.5 Å². The highest BCUT2D eigenvalue weighted by molar-refractivity contribution is 5.82. The van der Waals surface area contributed by atoms with Gasteiger partial charge in [0.05, 0.1) is 28.7 Å². The number of aliphatic hydroxyl groups excluding tert-OH is 1. The summed E-state index contributed by atoms with van der Waals surface area (Å²) in [6.45, 7) is 3.39. The van der Waals surface area contributed by atoms with Gasteiger partial charge in [0.1, 0.15) is 18.0 Å². The van der Waals surface area contributed by atoms with E-state index in [4.69, 9.17) is 4.98 Å². The van der Waals surface area contributed by atoms with Crippen molar-refractivity contribution in [2.45, 2.75) is 19.8 Å². The fourth-order valence-corrected chi connectivity index (χ4v) is 4.13. The van der Waals surface area contributed by atoms with E-state index >= 15 is 0 Å². The first-order chi connectivity index (χ1) is 16.1. The summed E-state index contributed by atoms with van der Waals surface area (Å²) in [6, 6.07) is 16.0. The monoisotopic (exact) mass is 440 g/mol. The van der Waals surface area contributed by atoms with E-state index in [0.717, 1.165) is 52.6 Å². The molecule has 0 radical (unpaired) electrons. The first-order valence-corrected chi connectivity index (χ1v) is 10.9. The van der Waals surface area contributed by atoms with Crippen LogP contribution in [0.5, 0.6) is 0 Å². The number of aryl methyl sites for hydroxylation is 1. The van der Waals surface area contributed by atoms with Crippen LogP contribution in [0.4, 0.5) is 17.3 Å². The number of nitrogens with zero attached hydrogens (tertiary/aromatic N) is 7. The number of aliphatic hydroxyl groups is 1. The van der Waals surface area contributed by atoms with Crippen molar-refractivity contribution in [2.24, 2.45) is 5.92 Å². The minimum absolute atomic E-state index is 0.00464. The van der Waals surface area contributed by atoms with Gasteiger partial charge in [0.2, 0.25) is 0 Å². The van der Waals surface area contributed by atoms with Gasteiger partial charge in [-0.25, -0.2) is 9.97 Å². The number of fused-ring (bicyclic) bond motifs is 1. The van der Waals surface area contributed by atoms with E-state index in [-0.39, 0.29) is 12.5 Å². The van der Waals surface area contributed by atoms with E-state index in [1.165, 1.54) is 0 Å². The maximum Gasteiger partial charge on any atom is 0.153 e. The van der Waals surface area contributed by atoms with E-state index in [2.05, 4.69) is 31.5 Å². The molecule has 1 aromatic carbocycles. The molecule has 0 bridgehead atoms. The van der Waals surface area contributed by atoms with Crippen LogP contribution in [0.25, 0.3) is 16.9 Å². The van der Waals surface area contributed by atoms with Crippen LogP contribution in [0.15, 0.2) is 48.8 Å². The molecule has 5 rings (SSSR count). The lowest BCUT2D eigenvalue weighted by molar-refractivity contribution is 0.299. The lowest BCUT2D eigenvalue weighted by Crippen LogP contribution is -2.23. The molecule has 1 unspecified atom stereocenters. The topological polar surface area (TPSA) is 116 Å². The molecule has 1 atom stereocenters. The van der Waals surface area contributed by atoms with Gasteiger partial charge in [-0.2, -0.15) is 10.4 Å². The van der Waals surface area contributed by atoms with Crippen molar-refractivity contribution in [3.8, 4) is 11.9 Å². The third kappa shape index (κ3) is 4.21. The normalized spacial score (nSPS) is 15.7. The van der Waals surface area contributed by atoms with Crippen molar-refractivity contribution >= 4 is 28.4 Å². The van der Waals surface area contributed by atoms with Gasteiger partial charge in [0.25, 0.3) is 0 Å². The van der Waals surface area contributed by atoms with Crippen LogP contribution in [-0.2, 0) is 6.42 Å². The molecule has 3 aromatic heterocycles. The molecule has 9 nitrogen and oxygen atoms in total. The Balaban J connectivity index is 1.51. The fourth-order valence-electron chi connectivity index (χ4n) is 4.13. The molecule has 1 aliphatic rings. The first kappa shape index (κ1) is 20.8. The van der Waals surface area contributed by atoms with Gasteiger partial charge in [-0.1, -0.05) is 6.07 Å². The Bertz CT molecular complexity index is 1320. The fraction of sp³-hybridized carbons (Fsp3) is 0.292. The minimum atomic E-state index is 0.00464. The molecular formula is C24H24N8O.